The molecule has 7 nitrogen and oxygen atoms in total. The number of methoxy groups -OCH3 is 1. The van der Waals surface area contributed by atoms with Gasteiger partial charge >= 0.3 is 0 Å². The molecule has 0 fully saturated rings. The Morgan fingerprint density at radius 1 is 1.21 bits per heavy atom. The van der Waals surface area contributed by atoms with Crippen molar-refractivity contribution < 1.29 is 18.7 Å². The molecule has 0 radical (unpaired) electrons. The van der Waals surface area contributed by atoms with E-state index in [9.17, 15) is 14.0 Å². The number of hydrogen-bond donors (Lipinski definition) is 2. The summed E-state index contributed by atoms with van der Waals surface area (Å²) in [7, 11) is 1.59. The van der Waals surface area contributed by atoms with Crippen LogP contribution >= 0.6 is 0 Å². The number of amides is 2. The largest absolute Gasteiger partial charge is 0.497 e. The maximum atomic E-state index is 13.1. The van der Waals surface area contributed by atoms with Crippen molar-refractivity contribution in [1.82, 2.24) is 9.78 Å². The molecule has 1 atom stereocenters. The Bertz CT molecular complexity index is 1070. The third-order valence-electron chi connectivity index (χ3n) is 4.86. The lowest BCUT2D eigenvalue weighted by Gasteiger charge is -2.24. The quantitative estimate of drug-likeness (QED) is 0.709. The highest BCUT2D eigenvalue weighted by Gasteiger charge is 2.34. The minimum Gasteiger partial charge on any atom is -0.497 e. The van der Waals surface area contributed by atoms with Crippen LogP contribution in [0.1, 0.15) is 18.0 Å². The number of nitrogens with zero attached hydrogens (tertiary/aromatic N) is 2. The average molecular weight is 394 g/mol. The summed E-state index contributed by atoms with van der Waals surface area (Å²) in [6.45, 7) is 1.85. The fourth-order valence-electron chi connectivity index (χ4n) is 3.32. The molecular formula is C21H19FN4O3. The molecule has 4 rings (SSSR count). The van der Waals surface area contributed by atoms with Crippen molar-refractivity contribution in [3.63, 3.8) is 0 Å². The number of aromatic nitrogens is 2. The predicted octanol–water partition coefficient (Wildman–Crippen LogP) is 3.53. The molecular weight excluding hydrogens is 375 g/mol. The summed E-state index contributed by atoms with van der Waals surface area (Å²) in [4.78, 5) is 25.1. The van der Waals surface area contributed by atoms with Crippen LogP contribution in [0.15, 0.2) is 48.5 Å². The zero-order chi connectivity index (χ0) is 20.5. The third kappa shape index (κ3) is 3.56. The number of carbonyl (C=O) groups excluding carboxylic acids is 2. The van der Waals surface area contributed by atoms with Gasteiger partial charge in [0, 0.05) is 16.8 Å². The highest BCUT2D eigenvalue weighted by Crippen LogP contribution is 2.35. The fraction of sp³-hybridized carbons (Fsp3) is 0.190. The Labute approximate surface area is 166 Å². The maximum absolute atomic E-state index is 13.1. The minimum atomic E-state index is -0.811. The summed E-state index contributed by atoms with van der Waals surface area (Å²) in [5, 5.41) is 10.1. The van der Waals surface area contributed by atoms with Crippen molar-refractivity contribution in [2.75, 3.05) is 17.7 Å². The fourth-order valence-corrected chi connectivity index (χ4v) is 3.32. The molecule has 1 aromatic heterocycles. The average Bonchev–Trinajstić information content (AvgIpc) is 3.05. The van der Waals surface area contributed by atoms with Crippen LogP contribution in [0.4, 0.5) is 15.9 Å². The van der Waals surface area contributed by atoms with Crippen LogP contribution in [0, 0.1) is 12.7 Å². The highest BCUT2D eigenvalue weighted by molar-refractivity contribution is 6.02. The summed E-state index contributed by atoms with van der Waals surface area (Å²) in [5.74, 6) is 0.165. The summed E-state index contributed by atoms with van der Waals surface area (Å²) in [6.07, 6.45) is -0.0385. The number of ether oxygens (including phenoxy) is 1. The first-order valence-electron chi connectivity index (χ1n) is 9.06. The molecule has 3 aromatic rings. The summed E-state index contributed by atoms with van der Waals surface area (Å²) >= 11 is 0. The van der Waals surface area contributed by atoms with Gasteiger partial charge in [0.05, 0.1) is 19.2 Å². The summed E-state index contributed by atoms with van der Waals surface area (Å²) < 4.78 is 19.8. The first-order chi connectivity index (χ1) is 14.0. The molecule has 0 aliphatic carbocycles. The molecule has 2 amide bonds. The van der Waals surface area contributed by atoms with Crippen LogP contribution in [0.2, 0.25) is 0 Å². The van der Waals surface area contributed by atoms with Crippen LogP contribution in [0.25, 0.3) is 11.3 Å². The van der Waals surface area contributed by atoms with E-state index >= 15 is 0 Å². The minimum absolute atomic E-state index is 0.0385. The molecule has 2 aromatic carbocycles. The van der Waals surface area contributed by atoms with Crippen molar-refractivity contribution in [3.05, 3.63) is 59.9 Å². The van der Waals surface area contributed by atoms with Gasteiger partial charge in [0.15, 0.2) is 0 Å². The zero-order valence-corrected chi connectivity index (χ0v) is 15.9. The van der Waals surface area contributed by atoms with E-state index in [1.807, 2.05) is 31.2 Å². The summed E-state index contributed by atoms with van der Waals surface area (Å²) in [5.41, 5.74) is 2.73. The Kier molecular flexibility index (Phi) is 4.75. The molecule has 1 aliphatic rings. The van der Waals surface area contributed by atoms with E-state index in [4.69, 9.17) is 4.74 Å². The van der Waals surface area contributed by atoms with E-state index in [0.717, 1.165) is 16.9 Å². The van der Waals surface area contributed by atoms with Gasteiger partial charge in [-0.25, -0.2) is 9.07 Å². The molecule has 1 aliphatic heterocycles. The maximum Gasteiger partial charge on any atom is 0.249 e. The lowest BCUT2D eigenvalue weighted by atomic mass is 10.1. The number of fused-ring (bicyclic) bond motifs is 1. The van der Waals surface area contributed by atoms with E-state index in [1.165, 1.54) is 28.9 Å². The van der Waals surface area contributed by atoms with Gasteiger partial charge < -0.3 is 15.4 Å². The second-order valence-electron chi connectivity index (χ2n) is 6.76. The van der Waals surface area contributed by atoms with E-state index in [0.29, 0.717) is 17.2 Å². The second-order valence-corrected chi connectivity index (χ2v) is 6.76. The molecule has 0 bridgehead atoms. The number of benzene rings is 2. The van der Waals surface area contributed by atoms with Crippen LogP contribution in [-0.4, -0.2) is 28.7 Å². The number of anilines is 2. The van der Waals surface area contributed by atoms with Crippen molar-refractivity contribution in [2.45, 2.75) is 19.4 Å². The number of halogens is 1. The Balaban J connectivity index is 1.67. The lowest BCUT2D eigenvalue weighted by Crippen LogP contribution is -2.35. The van der Waals surface area contributed by atoms with Gasteiger partial charge in [-0.2, -0.15) is 5.10 Å². The Hall–Kier alpha value is -3.68. The molecule has 29 heavy (non-hydrogen) atoms. The number of rotatable bonds is 4. The number of carbonyl (C=O) groups is 2. The van der Waals surface area contributed by atoms with Gasteiger partial charge in [-0.15, -0.1) is 0 Å². The number of hydrogen-bond acceptors (Lipinski definition) is 4. The first kappa shape index (κ1) is 18.7. The smallest absolute Gasteiger partial charge is 0.249 e. The van der Waals surface area contributed by atoms with E-state index < -0.39 is 17.8 Å². The van der Waals surface area contributed by atoms with E-state index in [-0.39, 0.29) is 12.3 Å². The van der Waals surface area contributed by atoms with Crippen LogP contribution in [0.5, 0.6) is 5.75 Å². The molecule has 2 N–H and O–H groups in total. The van der Waals surface area contributed by atoms with Gasteiger partial charge in [-0.05, 0) is 55.5 Å². The summed E-state index contributed by atoms with van der Waals surface area (Å²) in [6, 6.07) is 12.0. The van der Waals surface area contributed by atoms with Crippen molar-refractivity contribution >= 4 is 23.3 Å². The van der Waals surface area contributed by atoms with Gasteiger partial charge in [0.1, 0.15) is 23.4 Å². The highest BCUT2D eigenvalue weighted by atomic mass is 19.1. The lowest BCUT2D eigenvalue weighted by molar-refractivity contribution is -0.125. The number of nitrogens with one attached hydrogen (secondary N) is 2. The first-order valence-corrected chi connectivity index (χ1v) is 9.06. The van der Waals surface area contributed by atoms with Crippen LogP contribution in [0.3, 0.4) is 0 Å². The molecule has 0 saturated carbocycles. The predicted molar refractivity (Wildman–Crippen MR) is 106 cm³/mol. The Morgan fingerprint density at radius 3 is 2.55 bits per heavy atom. The monoisotopic (exact) mass is 394 g/mol. The Morgan fingerprint density at radius 2 is 1.90 bits per heavy atom. The topological polar surface area (TPSA) is 85.2 Å². The molecule has 0 spiro atoms. The van der Waals surface area contributed by atoms with Gasteiger partial charge in [0.2, 0.25) is 11.8 Å². The zero-order valence-electron chi connectivity index (χ0n) is 15.9. The standard InChI is InChI=1S/C21H19FN4O3/c1-12-19(13-3-9-16(29-2)10-4-13)25-26-17(11-18(27)24-20(12)26)21(28)23-15-7-5-14(22)6-8-15/h3-10,17H,11H2,1-2H3,(H,23,28)(H,24,27)/t17-/m1/s1. The van der Waals surface area contributed by atoms with Gasteiger partial charge in [0.25, 0.3) is 0 Å². The van der Waals surface area contributed by atoms with E-state index in [1.54, 1.807) is 7.11 Å². The van der Waals surface area contributed by atoms with Gasteiger partial charge in [-0.1, -0.05) is 0 Å². The molecule has 8 heteroatoms. The van der Waals surface area contributed by atoms with Gasteiger partial charge in [-0.3, -0.25) is 9.59 Å². The van der Waals surface area contributed by atoms with E-state index in [2.05, 4.69) is 15.7 Å². The SMILES string of the molecule is COc1ccc(-c2nn3c(c2C)NC(=O)C[C@@H]3C(=O)Nc2ccc(F)cc2)cc1. The molecule has 0 saturated heterocycles. The van der Waals surface area contributed by atoms with Crippen LogP contribution < -0.4 is 15.4 Å². The van der Waals surface area contributed by atoms with Crippen molar-refractivity contribution in [2.24, 2.45) is 0 Å². The van der Waals surface area contributed by atoms with Crippen LogP contribution in [-0.2, 0) is 9.59 Å². The molecule has 148 valence electrons. The molecule has 0 unspecified atom stereocenters. The normalized spacial score (nSPS) is 15.4. The van der Waals surface area contributed by atoms with Crippen molar-refractivity contribution in [1.29, 1.82) is 0 Å². The second kappa shape index (κ2) is 7.38. The third-order valence-corrected chi connectivity index (χ3v) is 4.86. The molecule has 2 heterocycles. The van der Waals surface area contributed by atoms with Crippen molar-refractivity contribution in [3.8, 4) is 17.0 Å².